The standard InChI is InChI=1S/C11H10O3/c1-13-10-6-11-8(3-2-4-14-11)5-9(10)7-12/h2-3,5-7H,4H2,1H3. The van der Waals surface area contributed by atoms with E-state index in [0.717, 1.165) is 17.6 Å². The van der Waals surface area contributed by atoms with Gasteiger partial charge in [-0.1, -0.05) is 6.08 Å². The summed E-state index contributed by atoms with van der Waals surface area (Å²) in [5.41, 5.74) is 1.46. The fourth-order valence-electron chi connectivity index (χ4n) is 1.43. The molecule has 0 aliphatic carbocycles. The van der Waals surface area contributed by atoms with E-state index in [1.54, 1.807) is 12.1 Å². The number of methoxy groups -OCH3 is 1. The van der Waals surface area contributed by atoms with E-state index in [2.05, 4.69) is 0 Å². The van der Waals surface area contributed by atoms with E-state index in [1.165, 1.54) is 7.11 Å². The Labute approximate surface area is 81.9 Å². The molecule has 1 aromatic carbocycles. The second-order valence-corrected chi connectivity index (χ2v) is 2.96. The molecule has 3 nitrogen and oxygen atoms in total. The largest absolute Gasteiger partial charge is 0.496 e. The van der Waals surface area contributed by atoms with Crippen LogP contribution in [-0.4, -0.2) is 20.0 Å². The van der Waals surface area contributed by atoms with Gasteiger partial charge in [0.05, 0.1) is 12.7 Å². The van der Waals surface area contributed by atoms with Crippen LogP contribution in [-0.2, 0) is 0 Å². The van der Waals surface area contributed by atoms with E-state index in [4.69, 9.17) is 9.47 Å². The number of carbonyl (C=O) groups excluding carboxylic acids is 1. The summed E-state index contributed by atoms with van der Waals surface area (Å²) >= 11 is 0. The summed E-state index contributed by atoms with van der Waals surface area (Å²) in [6, 6.07) is 3.50. The Morgan fingerprint density at radius 3 is 3.07 bits per heavy atom. The summed E-state index contributed by atoms with van der Waals surface area (Å²) in [5.74, 6) is 1.31. The zero-order chi connectivity index (χ0) is 9.97. The van der Waals surface area contributed by atoms with Crippen LogP contribution in [0.25, 0.3) is 6.08 Å². The third kappa shape index (κ3) is 1.37. The Bertz CT molecular complexity index is 393. The topological polar surface area (TPSA) is 35.5 Å². The SMILES string of the molecule is COc1cc2c(cc1C=O)C=CCO2. The smallest absolute Gasteiger partial charge is 0.153 e. The molecule has 0 bridgehead atoms. The third-order valence-electron chi connectivity index (χ3n) is 2.12. The zero-order valence-electron chi connectivity index (χ0n) is 7.82. The van der Waals surface area contributed by atoms with Crippen LogP contribution in [0.4, 0.5) is 0 Å². The molecule has 1 aromatic rings. The number of carbonyl (C=O) groups is 1. The van der Waals surface area contributed by atoms with Crippen molar-refractivity contribution >= 4 is 12.4 Å². The second kappa shape index (κ2) is 3.54. The van der Waals surface area contributed by atoms with E-state index in [-0.39, 0.29) is 0 Å². The van der Waals surface area contributed by atoms with E-state index in [9.17, 15) is 4.79 Å². The molecule has 0 amide bonds. The van der Waals surface area contributed by atoms with Gasteiger partial charge in [-0.3, -0.25) is 4.79 Å². The third-order valence-corrected chi connectivity index (χ3v) is 2.12. The van der Waals surface area contributed by atoms with Crippen LogP contribution in [0.2, 0.25) is 0 Å². The van der Waals surface area contributed by atoms with Crippen molar-refractivity contribution in [2.45, 2.75) is 0 Å². The molecule has 1 aliphatic heterocycles. The highest BCUT2D eigenvalue weighted by molar-refractivity contribution is 5.82. The maximum Gasteiger partial charge on any atom is 0.153 e. The molecule has 0 radical (unpaired) electrons. The highest BCUT2D eigenvalue weighted by Gasteiger charge is 2.11. The molecule has 1 heterocycles. The van der Waals surface area contributed by atoms with Gasteiger partial charge in [-0.05, 0) is 12.1 Å². The molecule has 0 fully saturated rings. The van der Waals surface area contributed by atoms with Crippen molar-refractivity contribution in [2.75, 3.05) is 13.7 Å². The minimum atomic E-state index is 0.543. The molecule has 0 aromatic heterocycles. The first-order valence-electron chi connectivity index (χ1n) is 4.31. The highest BCUT2D eigenvalue weighted by Crippen LogP contribution is 2.30. The Morgan fingerprint density at radius 1 is 1.50 bits per heavy atom. The summed E-state index contributed by atoms with van der Waals surface area (Å²) in [4.78, 5) is 10.7. The average molecular weight is 190 g/mol. The van der Waals surface area contributed by atoms with Crippen molar-refractivity contribution in [3.8, 4) is 11.5 Å². The predicted molar refractivity (Wildman–Crippen MR) is 52.9 cm³/mol. The van der Waals surface area contributed by atoms with E-state index in [1.807, 2.05) is 12.2 Å². The highest BCUT2D eigenvalue weighted by atomic mass is 16.5. The average Bonchev–Trinajstić information content (AvgIpc) is 2.27. The summed E-state index contributed by atoms with van der Waals surface area (Å²) < 4.78 is 10.4. The summed E-state index contributed by atoms with van der Waals surface area (Å²) in [5, 5.41) is 0. The molecule has 1 aliphatic rings. The van der Waals surface area contributed by atoms with E-state index < -0.39 is 0 Å². The van der Waals surface area contributed by atoms with Crippen LogP contribution in [0.3, 0.4) is 0 Å². The van der Waals surface area contributed by atoms with E-state index >= 15 is 0 Å². The van der Waals surface area contributed by atoms with Gasteiger partial charge in [-0.15, -0.1) is 0 Å². The van der Waals surface area contributed by atoms with Crippen molar-refractivity contribution in [1.82, 2.24) is 0 Å². The van der Waals surface area contributed by atoms with Gasteiger partial charge in [0.15, 0.2) is 6.29 Å². The van der Waals surface area contributed by atoms with Crippen LogP contribution in [0.1, 0.15) is 15.9 Å². The summed E-state index contributed by atoms with van der Waals surface area (Å²) in [7, 11) is 1.54. The Hall–Kier alpha value is -1.77. The lowest BCUT2D eigenvalue weighted by Gasteiger charge is -2.14. The number of benzene rings is 1. The molecule has 72 valence electrons. The maximum atomic E-state index is 10.7. The number of aldehydes is 1. The first-order valence-corrected chi connectivity index (χ1v) is 4.31. The number of hydrogen-bond acceptors (Lipinski definition) is 3. The predicted octanol–water partition coefficient (Wildman–Crippen LogP) is 1.91. The van der Waals surface area contributed by atoms with Gasteiger partial charge in [0.2, 0.25) is 0 Å². The number of hydrogen-bond donors (Lipinski definition) is 0. The van der Waals surface area contributed by atoms with Crippen molar-refractivity contribution in [3.63, 3.8) is 0 Å². The molecule has 0 atom stereocenters. The lowest BCUT2D eigenvalue weighted by atomic mass is 10.1. The van der Waals surface area contributed by atoms with Crippen LogP contribution in [0.5, 0.6) is 11.5 Å². The molecule has 0 saturated carbocycles. The number of ether oxygens (including phenoxy) is 2. The van der Waals surface area contributed by atoms with Gasteiger partial charge in [0.1, 0.15) is 18.1 Å². The minimum Gasteiger partial charge on any atom is -0.496 e. The first-order chi connectivity index (χ1) is 6.85. The Balaban J connectivity index is 2.56. The Kier molecular flexibility index (Phi) is 2.23. The lowest BCUT2D eigenvalue weighted by molar-refractivity contribution is 0.112. The van der Waals surface area contributed by atoms with Gasteiger partial charge >= 0.3 is 0 Å². The van der Waals surface area contributed by atoms with Gasteiger partial charge in [0.25, 0.3) is 0 Å². The van der Waals surface area contributed by atoms with Crippen LogP contribution < -0.4 is 9.47 Å². The monoisotopic (exact) mass is 190 g/mol. The van der Waals surface area contributed by atoms with Crippen molar-refractivity contribution in [2.24, 2.45) is 0 Å². The van der Waals surface area contributed by atoms with Gasteiger partial charge in [0, 0.05) is 11.6 Å². The molecule has 0 N–H and O–H groups in total. The normalized spacial score (nSPS) is 12.9. The van der Waals surface area contributed by atoms with Crippen molar-refractivity contribution < 1.29 is 14.3 Å². The molecule has 0 unspecified atom stereocenters. The van der Waals surface area contributed by atoms with Gasteiger partial charge < -0.3 is 9.47 Å². The Morgan fingerprint density at radius 2 is 2.36 bits per heavy atom. The lowest BCUT2D eigenvalue weighted by Crippen LogP contribution is -2.02. The van der Waals surface area contributed by atoms with Gasteiger partial charge in [-0.2, -0.15) is 0 Å². The van der Waals surface area contributed by atoms with Gasteiger partial charge in [-0.25, -0.2) is 0 Å². The molecule has 14 heavy (non-hydrogen) atoms. The fourth-order valence-corrected chi connectivity index (χ4v) is 1.43. The summed E-state index contributed by atoms with van der Waals surface area (Å²) in [6.07, 6.45) is 4.62. The van der Waals surface area contributed by atoms with Crippen LogP contribution >= 0.6 is 0 Å². The molecule has 2 rings (SSSR count). The molecule has 0 spiro atoms. The van der Waals surface area contributed by atoms with E-state index in [0.29, 0.717) is 17.9 Å². The van der Waals surface area contributed by atoms with Crippen molar-refractivity contribution in [1.29, 1.82) is 0 Å². The first kappa shape index (κ1) is 8.81. The second-order valence-electron chi connectivity index (χ2n) is 2.96. The quantitative estimate of drug-likeness (QED) is 0.668. The minimum absolute atomic E-state index is 0.543. The fraction of sp³-hybridized carbons (Fsp3) is 0.182. The molecule has 0 saturated heterocycles. The molecular weight excluding hydrogens is 180 g/mol. The zero-order valence-corrected chi connectivity index (χ0v) is 7.82. The van der Waals surface area contributed by atoms with Crippen molar-refractivity contribution in [3.05, 3.63) is 29.3 Å². The molecule has 3 heteroatoms. The van der Waals surface area contributed by atoms with Crippen LogP contribution in [0.15, 0.2) is 18.2 Å². The summed E-state index contributed by atoms with van der Waals surface area (Å²) in [6.45, 7) is 0.566. The number of fused-ring (bicyclic) bond motifs is 1. The van der Waals surface area contributed by atoms with Crippen LogP contribution in [0, 0.1) is 0 Å². The molecular formula is C11H10O3. The number of rotatable bonds is 2. The maximum absolute atomic E-state index is 10.7.